The molecule has 0 aliphatic rings. The summed E-state index contributed by atoms with van der Waals surface area (Å²) in [6.45, 7) is 1.38. The second-order valence-corrected chi connectivity index (χ2v) is 5.81. The van der Waals surface area contributed by atoms with Gasteiger partial charge in [-0.15, -0.1) is 0 Å². The van der Waals surface area contributed by atoms with Crippen molar-refractivity contribution in [2.24, 2.45) is 7.05 Å². The normalized spacial score (nSPS) is 10.3. The van der Waals surface area contributed by atoms with Gasteiger partial charge < -0.3 is 14.6 Å². The highest BCUT2D eigenvalue weighted by molar-refractivity contribution is 5.95. The quantitative estimate of drug-likeness (QED) is 0.700. The van der Waals surface area contributed by atoms with Gasteiger partial charge in [-0.05, 0) is 31.2 Å². The Kier molecular flexibility index (Phi) is 5.04. The summed E-state index contributed by atoms with van der Waals surface area (Å²) in [6.07, 6.45) is 1.36. The largest absolute Gasteiger partial charge is 0.451 e. The van der Waals surface area contributed by atoms with Gasteiger partial charge in [0, 0.05) is 12.7 Å². The third-order valence-electron chi connectivity index (χ3n) is 4.06. The Hall–Kier alpha value is -3.86. The summed E-state index contributed by atoms with van der Waals surface area (Å²) in [5, 5.41) is 16.0. The fourth-order valence-electron chi connectivity index (χ4n) is 2.51. The van der Waals surface area contributed by atoms with Crippen molar-refractivity contribution in [2.75, 3.05) is 11.9 Å². The average molecular weight is 363 g/mol. The molecule has 0 saturated heterocycles. The Balaban J connectivity index is 1.71. The van der Waals surface area contributed by atoms with Crippen LogP contribution in [0.15, 0.2) is 48.7 Å². The number of carbonyl (C=O) groups is 2. The number of carbonyl (C=O) groups excluding carboxylic acids is 2. The van der Waals surface area contributed by atoms with Crippen molar-refractivity contribution in [2.45, 2.75) is 6.92 Å². The number of anilines is 1. The van der Waals surface area contributed by atoms with Gasteiger partial charge in [-0.3, -0.25) is 4.79 Å². The summed E-state index contributed by atoms with van der Waals surface area (Å²) < 4.78 is 8.19. The van der Waals surface area contributed by atoms with Crippen molar-refractivity contribution in [1.82, 2.24) is 14.3 Å². The van der Waals surface area contributed by atoms with Crippen LogP contribution in [0.2, 0.25) is 0 Å². The van der Waals surface area contributed by atoms with Crippen molar-refractivity contribution < 1.29 is 14.3 Å². The number of ether oxygens (including phenoxy) is 1. The standard InChI is InChI=1S/C19H17N5O3/c1-13-8-9-16(23(13)2)19(26)27-12-17(25)22-18-14(10-20)11-21-24(18)15-6-4-3-5-7-15/h3-9,11H,12H2,1-2H3,(H,22,25). The van der Waals surface area contributed by atoms with Gasteiger partial charge in [0.15, 0.2) is 12.4 Å². The average Bonchev–Trinajstić information content (AvgIpc) is 3.24. The summed E-state index contributed by atoms with van der Waals surface area (Å²) in [5.74, 6) is -0.944. The Bertz CT molecular complexity index is 1030. The Morgan fingerprint density at radius 1 is 1.22 bits per heavy atom. The molecule has 27 heavy (non-hydrogen) atoms. The number of para-hydroxylation sites is 1. The summed E-state index contributed by atoms with van der Waals surface area (Å²) in [7, 11) is 1.74. The lowest BCUT2D eigenvalue weighted by atomic mass is 10.3. The molecule has 0 spiro atoms. The molecule has 1 N–H and O–H groups in total. The maximum absolute atomic E-state index is 12.2. The van der Waals surface area contributed by atoms with Crippen molar-refractivity contribution in [3.05, 3.63) is 65.6 Å². The highest BCUT2D eigenvalue weighted by Crippen LogP contribution is 2.19. The van der Waals surface area contributed by atoms with Crippen molar-refractivity contribution in [1.29, 1.82) is 5.26 Å². The van der Waals surface area contributed by atoms with Gasteiger partial charge in [-0.25, -0.2) is 9.48 Å². The Labute approximate surface area is 155 Å². The summed E-state index contributed by atoms with van der Waals surface area (Å²) in [5.41, 5.74) is 2.14. The zero-order valence-corrected chi connectivity index (χ0v) is 14.8. The molecule has 0 radical (unpaired) electrons. The van der Waals surface area contributed by atoms with Crippen LogP contribution in [0.5, 0.6) is 0 Å². The smallest absolute Gasteiger partial charge is 0.355 e. The lowest BCUT2D eigenvalue weighted by Gasteiger charge is -2.10. The number of nitrogens with zero attached hydrogens (tertiary/aromatic N) is 4. The zero-order chi connectivity index (χ0) is 19.4. The number of nitrogens with one attached hydrogen (secondary N) is 1. The van der Waals surface area contributed by atoms with E-state index in [9.17, 15) is 14.9 Å². The number of amides is 1. The molecule has 0 bridgehead atoms. The number of esters is 1. The lowest BCUT2D eigenvalue weighted by molar-refractivity contribution is -0.119. The van der Waals surface area contributed by atoms with Crippen LogP contribution in [0.25, 0.3) is 5.69 Å². The molecule has 0 aliphatic heterocycles. The molecule has 1 amide bonds. The van der Waals surface area contributed by atoms with E-state index in [1.807, 2.05) is 31.2 Å². The molecule has 0 fully saturated rings. The van der Waals surface area contributed by atoms with Crippen LogP contribution < -0.4 is 5.32 Å². The molecule has 8 heteroatoms. The molecular formula is C19H17N5O3. The molecular weight excluding hydrogens is 346 g/mol. The molecule has 0 atom stereocenters. The number of nitriles is 1. The fourth-order valence-corrected chi connectivity index (χ4v) is 2.51. The van der Waals surface area contributed by atoms with Crippen LogP contribution in [0, 0.1) is 18.3 Å². The number of aryl methyl sites for hydroxylation is 1. The minimum atomic E-state index is -0.599. The fraction of sp³-hybridized carbons (Fsp3) is 0.158. The number of aromatic nitrogens is 3. The second-order valence-electron chi connectivity index (χ2n) is 5.81. The molecule has 1 aromatic carbocycles. The monoisotopic (exact) mass is 363 g/mol. The lowest BCUT2D eigenvalue weighted by Crippen LogP contribution is -2.23. The SMILES string of the molecule is Cc1ccc(C(=O)OCC(=O)Nc2c(C#N)cnn2-c2ccccc2)n1C. The van der Waals surface area contributed by atoms with Gasteiger partial charge >= 0.3 is 5.97 Å². The molecule has 3 aromatic rings. The van der Waals surface area contributed by atoms with Crippen molar-refractivity contribution >= 4 is 17.7 Å². The first-order valence-electron chi connectivity index (χ1n) is 8.14. The van der Waals surface area contributed by atoms with E-state index in [4.69, 9.17) is 4.74 Å². The topological polar surface area (TPSA) is 102 Å². The highest BCUT2D eigenvalue weighted by Gasteiger charge is 2.18. The number of rotatable bonds is 5. The first-order valence-corrected chi connectivity index (χ1v) is 8.14. The Morgan fingerprint density at radius 3 is 2.59 bits per heavy atom. The van der Waals surface area contributed by atoms with E-state index in [-0.39, 0.29) is 11.4 Å². The highest BCUT2D eigenvalue weighted by atomic mass is 16.5. The molecule has 8 nitrogen and oxygen atoms in total. The van der Waals surface area contributed by atoms with Crippen molar-refractivity contribution in [3.63, 3.8) is 0 Å². The predicted octanol–water partition coefficient (Wildman–Crippen LogP) is 2.19. The number of hydrogen-bond donors (Lipinski definition) is 1. The predicted molar refractivity (Wildman–Crippen MR) is 97.3 cm³/mol. The van der Waals surface area contributed by atoms with Crippen LogP contribution in [0.1, 0.15) is 21.7 Å². The summed E-state index contributed by atoms with van der Waals surface area (Å²) in [4.78, 5) is 24.3. The Morgan fingerprint density at radius 2 is 1.96 bits per heavy atom. The van der Waals surface area contributed by atoms with E-state index >= 15 is 0 Å². The molecule has 0 aliphatic carbocycles. The van der Waals surface area contributed by atoms with Gasteiger partial charge in [0.05, 0.1) is 11.9 Å². The van der Waals surface area contributed by atoms with Crippen LogP contribution >= 0.6 is 0 Å². The van der Waals surface area contributed by atoms with Crippen LogP contribution in [0.3, 0.4) is 0 Å². The third-order valence-corrected chi connectivity index (χ3v) is 4.06. The molecule has 2 heterocycles. The van der Waals surface area contributed by atoms with E-state index in [0.717, 1.165) is 5.69 Å². The van der Waals surface area contributed by atoms with Gasteiger partial charge in [0.1, 0.15) is 17.3 Å². The zero-order valence-electron chi connectivity index (χ0n) is 14.8. The molecule has 2 aromatic heterocycles. The number of hydrogen-bond acceptors (Lipinski definition) is 5. The molecule has 136 valence electrons. The van der Waals surface area contributed by atoms with E-state index in [2.05, 4.69) is 10.4 Å². The second kappa shape index (κ2) is 7.58. The van der Waals surface area contributed by atoms with Gasteiger partial charge in [-0.2, -0.15) is 10.4 Å². The third kappa shape index (κ3) is 3.72. The first-order chi connectivity index (χ1) is 13.0. The molecule has 0 saturated carbocycles. The van der Waals surface area contributed by atoms with Gasteiger partial charge in [0.2, 0.25) is 0 Å². The van der Waals surface area contributed by atoms with E-state index in [1.165, 1.54) is 10.9 Å². The molecule has 3 rings (SSSR count). The van der Waals surface area contributed by atoms with Crippen molar-refractivity contribution in [3.8, 4) is 11.8 Å². The minimum Gasteiger partial charge on any atom is -0.451 e. The van der Waals surface area contributed by atoms with E-state index < -0.39 is 18.5 Å². The molecule has 0 unspecified atom stereocenters. The number of benzene rings is 1. The first kappa shape index (κ1) is 17.9. The van der Waals surface area contributed by atoms with Crippen LogP contribution in [0.4, 0.5) is 5.82 Å². The van der Waals surface area contributed by atoms with Crippen LogP contribution in [-0.4, -0.2) is 32.8 Å². The van der Waals surface area contributed by atoms with Gasteiger partial charge in [-0.1, -0.05) is 18.2 Å². The minimum absolute atomic E-state index is 0.205. The van der Waals surface area contributed by atoms with E-state index in [1.54, 1.807) is 35.9 Å². The maximum atomic E-state index is 12.2. The maximum Gasteiger partial charge on any atom is 0.355 e. The van der Waals surface area contributed by atoms with Gasteiger partial charge in [0.25, 0.3) is 5.91 Å². The summed E-state index contributed by atoms with van der Waals surface area (Å²) >= 11 is 0. The van der Waals surface area contributed by atoms with E-state index in [0.29, 0.717) is 11.4 Å². The summed E-state index contributed by atoms with van der Waals surface area (Å²) in [6, 6.07) is 14.5. The van der Waals surface area contributed by atoms with Crippen LogP contribution in [-0.2, 0) is 16.6 Å².